The Morgan fingerprint density at radius 3 is 2.93 bits per heavy atom. The molecule has 3 heterocycles. The molecule has 152 valence electrons. The largest absolute Gasteiger partial charge is 0.454 e. The van der Waals surface area contributed by atoms with Gasteiger partial charge in [-0.15, -0.1) is 11.3 Å². The molecule has 3 aromatic rings. The van der Waals surface area contributed by atoms with E-state index in [1.165, 1.54) is 24.4 Å². The van der Waals surface area contributed by atoms with Gasteiger partial charge >= 0.3 is 0 Å². The third kappa shape index (κ3) is 3.70. The number of nitrogens with zero attached hydrogens (tertiary/aromatic N) is 1. The van der Waals surface area contributed by atoms with E-state index in [1.54, 1.807) is 0 Å². The predicted octanol–water partition coefficient (Wildman–Crippen LogP) is 3.96. The lowest BCUT2D eigenvalue weighted by atomic mass is 10.0. The molecule has 4 rings (SSSR count). The number of anilines is 1. The molecule has 0 bridgehead atoms. The number of ketones is 1. The molecule has 29 heavy (non-hydrogen) atoms. The highest BCUT2D eigenvalue weighted by Gasteiger charge is 2.27. The molecule has 0 aliphatic carbocycles. The number of ether oxygens (including phenoxy) is 2. The highest BCUT2D eigenvalue weighted by Crippen LogP contribution is 2.36. The molecule has 0 radical (unpaired) electrons. The molecule has 0 saturated carbocycles. The van der Waals surface area contributed by atoms with Crippen LogP contribution >= 0.6 is 22.9 Å². The van der Waals surface area contributed by atoms with Crippen LogP contribution in [0.25, 0.3) is 0 Å². The first kappa shape index (κ1) is 13.6. The van der Waals surface area contributed by atoms with Crippen LogP contribution in [-0.4, -0.2) is 26.1 Å². The first-order valence-electron chi connectivity index (χ1n) is 10.9. The van der Waals surface area contributed by atoms with Gasteiger partial charge in [-0.05, 0) is 48.5 Å². The van der Waals surface area contributed by atoms with E-state index in [0.717, 1.165) is 6.07 Å². The first-order valence-corrected chi connectivity index (χ1v) is 10.6. The number of aryl methyl sites for hydroxylation is 2. The maximum absolute atomic E-state index is 13.3. The van der Waals surface area contributed by atoms with Crippen LogP contribution in [0, 0.1) is 13.8 Å². The van der Waals surface area contributed by atoms with Crippen molar-refractivity contribution < 1.29 is 35.4 Å². The van der Waals surface area contributed by atoms with Gasteiger partial charge in [-0.3, -0.25) is 4.79 Å². The number of fused-ring (bicyclic) bond motifs is 1. The Morgan fingerprint density at radius 2 is 2.21 bits per heavy atom. The van der Waals surface area contributed by atoms with Gasteiger partial charge in [0.15, 0.2) is 17.3 Å². The Bertz CT molecular complexity index is 1440. The highest BCUT2D eigenvalue weighted by molar-refractivity contribution is 7.93. The Balaban J connectivity index is 1.68. The normalized spacial score (nSPS) is 19.4. The van der Waals surface area contributed by atoms with Gasteiger partial charge in [0.05, 0.1) is 4.88 Å². The van der Waals surface area contributed by atoms with Gasteiger partial charge in [0.25, 0.3) is 15.9 Å². The number of hydrogen-bond donors (Lipinski definition) is 1. The molecule has 0 saturated heterocycles. The summed E-state index contributed by atoms with van der Waals surface area (Å²) in [4.78, 5) is 12.3. The summed E-state index contributed by atoms with van der Waals surface area (Å²) in [5, 5.41) is 3.99. The average molecular weight is 461 g/mol. The summed E-state index contributed by atoms with van der Waals surface area (Å²) in [6.07, 6.45) is -2.68. The zero-order valence-corrected chi connectivity index (χ0v) is 16.9. The average Bonchev–Trinajstić information content (AvgIpc) is 3.44. The van der Waals surface area contributed by atoms with Gasteiger partial charge in [-0.25, -0.2) is 13.1 Å². The second kappa shape index (κ2) is 7.36. The number of carbonyl (C=O) groups is 1. The van der Waals surface area contributed by atoms with Crippen LogP contribution in [0.1, 0.15) is 34.7 Å². The molecule has 2 aromatic heterocycles. The number of Topliss-reactive ketones (excluding diaryl/α,β-unsaturated/α-hetero) is 1. The number of hydrogen-bond acceptors (Lipinski definition) is 8. The minimum Gasteiger partial charge on any atom is -0.454 e. The summed E-state index contributed by atoms with van der Waals surface area (Å²) in [6.45, 7) is -2.55. The molecule has 8 nitrogen and oxygen atoms in total. The Labute approximate surface area is 183 Å². The number of carbonyl (C=O) groups excluding carboxylic acids is 1. The number of benzene rings is 1. The number of thiophene rings is 1. The molecule has 1 aliphatic heterocycles. The standard InChI is InChI=1S/C18H15ClN2O6S2/c1-9-5-13-14(26-8-25-13)7-11(9)6-12(22)17-15(3-4-28-17)29(23,24)21-18-16(19)10(2)20-27-18/h3-5,7,21H,6,8H2,1-2H3/i2D3,6D2,8D. The maximum Gasteiger partial charge on any atom is 0.265 e. The molecule has 0 amide bonds. The zero-order valence-electron chi connectivity index (χ0n) is 20.5. The first-order chi connectivity index (χ1) is 16.1. The van der Waals surface area contributed by atoms with Crippen molar-refractivity contribution in [2.24, 2.45) is 0 Å². The van der Waals surface area contributed by atoms with E-state index in [-0.39, 0.29) is 17.1 Å². The molecule has 1 aliphatic rings. The number of nitrogens with one attached hydrogen (secondary N) is 1. The highest BCUT2D eigenvalue weighted by atomic mass is 35.5. The second-order valence-electron chi connectivity index (χ2n) is 5.79. The van der Waals surface area contributed by atoms with Crippen LogP contribution in [0.15, 0.2) is 33.0 Å². The van der Waals surface area contributed by atoms with E-state index in [2.05, 4.69) is 5.16 Å². The Morgan fingerprint density at radius 1 is 1.45 bits per heavy atom. The van der Waals surface area contributed by atoms with E-state index in [0.29, 0.717) is 16.9 Å². The van der Waals surface area contributed by atoms with Crippen molar-refractivity contribution >= 4 is 44.6 Å². The van der Waals surface area contributed by atoms with Crippen molar-refractivity contribution in [1.82, 2.24) is 5.16 Å². The van der Waals surface area contributed by atoms with Gasteiger partial charge in [0.2, 0.25) is 6.77 Å². The topological polar surface area (TPSA) is 108 Å². The van der Waals surface area contributed by atoms with Crippen molar-refractivity contribution in [3.05, 3.63) is 50.3 Å². The van der Waals surface area contributed by atoms with Crippen molar-refractivity contribution in [3.8, 4) is 11.5 Å². The monoisotopic (exact) mass is 460 g/mol. The summed E-state index contributed by atoms with van der Waals surface area (Å²) in [5.41, 5.74) is -0.420. The van der Waals surface area contributed by atoms with Crippen LogP contribution in [0.2, 0.25) is 5.02 Å². The van der Waals surface area contributed by atoms with E-state index >= 15 is 0 Å². The second-order valence-corrected chi connectivity index (χ2v) is 8.74. The van der Waals surface area contributed by atoms with Crippen LogP contribution in [-0.2, 0) is 16.4 Å². The summed E-state index contributed by atoms with van der Waals surface area (Å²) in [5.74, 6) is -1.52. The van der Waals surface area contributed by atoms with Crippen LogP contribution in [0.3, 0.4) is 0 Å². The van der Waals surface area contributed by atoms with Crippen molar-refractivity contribution in [3.63, 3.8) is 0 Å². The van der Waals surface area contributed by atoms with Gasteiger partial charge in [0.1, 0.15) is 17.0 Å². The number of rotatable bonds is 6. The molecule has 1 unspecified atom stereocenters. The van der Waals surface area contributed by atoms with Crippen LogP contribution in [0.4, 0.5) is 5.88 Å². The molecule has 1 atom stereocenters. The number of halogens is 1. The maximum atomic E-state index is 13.3. The zero-order chi connectivity index (χ0) is 25.9. The Kier molecular flexibility index (Phi) is 3.46. The minimum atomic E-state index is -4.57. The quantitative estimate of drug-likeness (QED) is 0.554. The van der Waals surface area contributed by atoms with Gasteiger partial charge < -0.3 is 14.0 Å². The lowest BCUT2D eigenvalue weighted by molar-refractivity contribution is 0.0994. The fraction of sp³-hybridized carbons (Fsp3) is 0.222. The third-order valence-electron chi connectivity index (χ3n) is 3.88. The molecule has 0 fully saturated rings. The molecule has 1 aromatic carbocycles. The van der Waals surface area contributed by atoms with Crippen LogP contribution in [0.5, 0.6) is 11.5 Å². The lowest BCUT2D eigenvalue weighted by Crippen LogP contribution is -2.16. The third-order valence-corrected chi connectivity index (χ3v) is 6.64. The predicted molar refractivity (Wildman–Crippen MR) is 107 cm³/mol. The lowest BCUT2D eigenvalue weighted by Gasteiger charge is -2.09. The van der Waals surface area contributed by atoms with Crippen molar-refractivity contribution in [2.45, 2.75) is 25.0 Å². The minimum absolute atomic E-state index is 0.0768. The fourth-order valence-corrected chi connectivity index (χ4v) is 4.97. The molecule has 11 heteroatoms. The number of aromatic nitrogens is 1. The van der Waals surface area contributed by atoms with E-state index in [4.69, 9.17) is 33.8 Å². The molecule has 0 spiro atoms. The summed E-state index contributed by atoms with van der Waals surface area (Å²) >= 11 is 6.60. The smallest absolute Gasteiger partial charge is 0.265 e. The molecular weight excluding hydrogens is 440 g/mol. The summed E-state index contributed by atoms with van der Waals surface area (Å²) in [6, 6.07) is 3.75. The van der Waals surface area contributed by atoms with Gasteiger partial charge in [-0.1, -0.05) is 16.8 Å². The summed E-state index contributed by atoms with van der Waals surface area (Å²) in [7, 11) is -4.57. The van der Waals surface area contributed by atoms with Crippen LogP contribution < -0.4 is 14.2 Å². The Hall–Kier alpha value is -2.56. The molecular formula is C18H15ClN2O6S2. The van der Waals surface area contributed by atoms with Gasteiger partial charge in [-0.2, -0.15) is 0 Å². The van der Waals surface area contributed by atoms with E-state index in [1.807, 2.05) is 4.72 Å². The van der Waals surface area contributed by atoms with Gasteiger partial charge in [0, 0.05) is 13.2 Å². The van der Waals surface area contributed by atoms with Crippen molar-refractivity contribution in [1.29, 1.82) is 0 Å². The number of sulfonamides is 1. The fourth-order valence-electron chi connectivity index (χ4n) is 2.48. The van der Waals surface area contributed by atoms with E-state index < -0.39 is 62.2 Å². The summed E-state index contributed by atoms with van der Waals surface area (Å²) < 4.78 is 89.5. The molecule has 1 N–H and O–H groups in total. The van der Waals surface area contributed by atoms with E-state index in [9.17, 15) is 13.2 Å². The SMILES string of the molecule is [2H]C1Oc2cc(C)c(C([2H])([2H])C(=O)c3sccc3S(=O)(=O)Nc3onc(C([2H])([2H])[2H])c3Cl)cc2O1. The van der Waals surface area contributed by atoms with Crippen molar-refractivity contribution in [2.75, 3.05) is 11.5 Å².